The van der Waals surface area contributed by atoms with Crippen molar-refractivity contribution in [3.8, 4) is 5.75 Å². The number of rotatable bonds is 4. The van der Waals surface area contributed by atoms with E-state index in [0.29, 0.717) is 11.3 Å². The smallest absolute Gasteiger partial charge is 0.405 e. The summed E-state index contributed by atoms with van der Waals surface area (Å²) in [5, 5.41) is 2.95. The fourth-order valence-corrected chi connectivity index (χ4v) is 1.95. The summed E-state index contributed by atoms with van der Waals surface area (Å²) in [7, 11) is 1.66. The van der Waals surface area contributed by atoms with Crippen LogP contribution in [0.2, 0.25) is 0 Å². The van der Waals surface area contributed by atoms with Crippen molar-refractivity contribution in [2.75, 3.05) is 7.05 Å². The summed E-state index contributed by atoms with van der Waals surface area (Å²) in [6.07, 6.45) is -3.13. The van der Waals surface area contributed by atoms with E-state index in [2.05, 4.69) is 15.0 Å². The van der Waals surface area contributed by atoms with Crippen molar-refractivity contribution in [2.45, 2.75) is 12.4 Å². The van der Waals surface area contributed by atoms with Crippen LogP contribution in [0.3, 0.4) is 0 Å². The highest BCUT2D eigenvalue weighted by atomic mass is 19.4. The zero-order chi connectivity index (χ0) is 14.6. The first-order valence-electron chi connectivity index (χ1n) is 5.94. The van der Waals surface area contributed by atoms with Gasteiger partial charge in [0.2, 0.25) is 0 Å². The van der Waals surface area contributed by atoms with Gasteiger partial charge >= 0.3 is 6.36 Å². The van der Waals surface area contributed by atoms with E-state index >= 15 is 0 Å². The van der Waals surface area contributed by atoms with Crippen LogP contribution in [-0.4, -0.2) is 18.4 Å². The first-order chi connectivity index (χ1) is 9.51. The van der Waals surface area contributed by atoms with Crippen LogP contribution >= 0.6 is 0 Å². The molecule has 2 aromatic rings. The van der Waals surface area contributed by atoms with Gasteiger partial charge in [-0.15, -0.1) is 13.2 Å². The Hall–Kier alpha value is -2.08. The molecule has 0 fully saturated rings. The van der Waals surface area contributed by atoms with E-state index < -0.39 is 12.4 Å². The lowest BCUT2D eigenvalue weighted by Gasteiger charge is -2.20. The van der Waals surface area contributed by atoms with Crippen LogP contribution in [0, 0.1) is 0 Å². The molecular formula is C14H13F3N2O. The Bertz CT molecular complexity index is 558. The molecule has 0 radical (unpaired) electrons. The predicted molar refractivity (Wildman–Crippen MR) is 68.3 cm³/mol. The number of hydrogen-bond donors (Lipinski definition) is 1. The normalized spacial score (nSPS) is 13.0. The van der Waals surface area contributed by atoms with Crippen molar-refractivity contribution in [1.82, 2.24) is 10.3 Å². The SMILES string of the molecule is CNC(c1ccccn1)c1ccccc1OC(F)(F)F. The van der Waals surface area contributed by atoms with Crippen LogP contribution in [-0.2, 0) is 0 Å². The maximum atomic E-state index is 12.4. The van der Waals surface area contributed by atoms with Crippen LogP contribution in [0.4, 0.5) is 13.2 Å². The Labute approximate surface area is 114 Å². The van der Waals surface area contributed by atoms with E-state index in [-0.39, 0.29) is 5.75 Å². The molecule has 1 aromatic heterocycles. The minimum atomic E-state index is -4.72. The molecule has 1 N–H and O–H groups in total. The topological polar surface area (TPSA) is 34.2 Å². The molecule has 0 saturated carbocycles. The Morgan fingerprint density at radius 2 is 1.80 bits per heavy atom. The van der Waals surface area contributed by atoms with Crippen molar-refractivity contribution in [2.24, 2.45) is 0 Å². The fraction of sp³-hybridized carbons (Fsp3) is 0.214. The number of para-hydroxylation sites is 1. The summed E-state index contributed by atoms with van der Waals surface area (Å²) in [6.45, 7) is 0. The van der Waals surface area contributed by atoms with E-state index in [1.54, 1.807) is 43.6 Å². The number of nitrogens with one attached hydrogen (secondary N) is 1. The fourth-order valence-electron chi connectivity index (χ4n) is 1.95. The molecule has 0 spiro atoms. The largest absolute Gasteiger partial charge is 0.573 e. The quantitative estimate of drug-likeness (QED) is 0.934. The third-order valence-corrected chi connectivity index (χ3v) is 2.73. The van der Waals surface area contributed by atoms with Crippen molar-refractivity contribution < 1.29 is 17.9 Å². The van der Waals surface area contributed by atoms with Gasteiger partial charge in [0, 0.05) is 11.8 Å². The number of aromatic nitrogens is 1. The van der Waals surface area contributed by atoms with E-state index in [1.165, 1.54) is 12.1 Å². The second-order valence-corrected chi connectivity index (χ2v) is 4.06. The molecule has 0 bridgehead atoms. The highest BCUT2D eigenvalue weighted by molar-refractivity contribution is 5.40. The van der Waals surface area contributed by atoms with Gasteiger partial charge in [-0.3, -0.25) is 4.98 Å². The maximum Gasteiger partial charge on any atom is 0.573 e. The summed E-state index contributed by atoms with van der Waals surface area (Å²) in [4.78, 5) is 4.16. The van der Waals surface area contributed by atoms with Crippen LogP contribution in [0.25, 0.3) is 0 Å². The zero-order valence-corrected chi connectivity index (χ0v) is 10.7. The number of nitrogens with zero attached hydrogens (tertiary/aromatic N) is 1. The van der Waals surface area contributed by atoms with Gasteiger partial charge in [0.1, 0.15) is 5.75 Å². The van der Waals surface area contributed by atoms with Crippen LogP contribution in [0.15, 0.2) is 48.7 Å². The average molecular weight is 282 g/mol. The first kappa shape index (κ1) is 14.3. The summed E-state index contributed by atoms with van der Waals surface area (Å²) in [5.41, 5.74) is 0.999. The van der Waals surface area contributed by atoms with Gasteiger partial charge < -0.3 is 10.1 Å². The van der Waals surface area contributed by atoms with Gasteiger partial charge in [0.15, 0.2) is 0 Å². The first-order valence-corrected chi connectivity index (χ1v) is 5.94. The van der Waals surface area contributed by atoms with Gasteiger partial charge in [-0.05, 0) is 25.2 Å². The zero-order valence-electron chi connectivity index (χ0n) is 10.7. The molecule has 1 atom stereocenters. The van der Waals surface area contributed by atoms with Crippen molar-refractivity contribution in [3.05, 3.63) is 59.9 Å². The lowest BCUT2D eigenvalue weighted by atomic mass is 10.0. The highest BCUT2D eigenvalue weighted by Gasteiger charge is 2.33. The van der Waals surface area contributed by atoms with Crippen LogP contribution in [0.5, 0.6) is 5.75 Å². The number of alkyl halides is 3. The Morgan fingerprint density at radius 1 is 1.10 bits per heavy atom. The standard InChI is InChI=1S/C14H13F3N2O/c1-18-13(11-7-4-5-9-19-11)10-6-2-3-8-12(10)20-14(15,16)17/h2-9,13,18H,1H3. The van der Waals surface area contributed by atoms with Gasteiger partial charge in [0.05, 0.1) is 11.7 Å². The Morgan fingerprint density at radius 3 is 2.40 bits per heavy atom. The summed E-state index contributed by atoms with van der Waals surface area (Å²) in [6, 6.07) is 10.8. The Balaban J connectivity index is 2.40. The van der Waals surface area contributed by atoms with Gasteiger partial charge in [-0.2, -0.15) is 0 Å². The molecule has 0 aliphatic carbocycles. The molecule has 1 aromatic carbocycles. The molecule has 106 valence electrons. The molecule has 2 rings (SSSR count). The molecule has 0 aliphatic rings. The van der Waals surface area contributed by atoms with E-state index in [0.717, 1.165) is 0 Å². The molecule has 6 heteroatoms. The Kier molecular flexibility index (Phi) is 4.24. The minimum Gasteiger partial charge on any atom is -0.405 e. The molecule has 3 nitrogen and oxygen atoms in total. The second kappa shape index (κ2) is 5.92. The van der Waals surface area contributed by atoms with E-state index in [4.69, 9.17) is 0 Å². The summed E-state index contributed by atoms with van der Waals surface area (Å²) in [5.74, 6) is -0.231. The molecular weight excluding hydrogens is 269 g/mol. The molecule has 0 amide bonds. The highest BCUT2D eigenvalue weighted by Crippen LogP contribution is 2.32. The van der Waals surface area contributed by atoms with Crippen LogP contribution < -0.4 is 10.1 Å². The van der Waals surface area contributed by atoms with Crippen molar-refractivity contribution in [1.29, 1.82) is 0 Å². The summed E-state index contributed by atoms with van der Waals surface area (Å²) >= 11 is 0. The maximum absolute atomic E-state index is 12.4. The second-order valence-electron chi connectivity index (χ2n) is 4.06. The van der Waals surface area contributed by atoms with Gasteiger partial charge in [-0.1, -0.05) is 24.3 Å². The molecule has 0 aliphatic heterocycles. The minimum absolute atomic E-state index is 0.231. The van der Waals surface area contributed by atoms with Gasteiger partial charge in [-0.25, -0.2) is 0 Å². The lowest BCUT2D eigenvalue weighted by molar-refractivity contribution is -0.275. The number of benzene rings is 1. The third-order valence-electron chi connectivity index (χ3n) is 2.73. The molecule has 20 heavy (non-hydrogen) atoms. The predicted octanol–water partition coefficient (Wildman–Crippen LogP) is 3.29. The number of pyridine rings is 1. The monoisotopic (exact) mass is 282 g/mol. The lowest BCUT2D eigenvalue weighted by Crippen LogP contribution is -2.23. The van der Waals surface area contributed by atoms with Crippen molar-refractivity contribution >= 4 is 0 Å². The van der Waals surface area contributed by atoms with E-state index in [9.17, 15) is 13.2 Å². The summed E-state index contributed by atoms with van der Waals surface area (Å²) < 4.78 is 41.4. The van der Waals surface area contributed by atoms with E-state index in [1.807, 2.05) is 0 Å². The molecule has 0 saturated heterocycles. The average Bonchev–Trinajstić information content (AvgIpc) is 2.41. The number of halogens is 3. The number of ether oxygens (including phenoxy) is 1. The third kappa shape index (κ3) is 3.48. The van der Waals surface area contributed by atoms with Crippen LogP contribution in [0.1, 0.15) is 17.3 Å². The van der Waals surface area contributed by atoms with Crippen molar-refractivity contribution in [3.63, 3.8) is 0 Å². The number of hydrogen-bond acceptors (Lipinski definition) is 3. The molecule has 1 unspecified atom stereocenters. The van der Waals surface area contributed by atoms with Gasteiger partial charge in [0.25, 0.3) is 0 Å². The molecule has 1 heterocycles.